The van der Waals surface area contributed by atoms with Crippen LogP contribution in [-0.4, -0.2) is 5.91 Å². The smallest absolute Gasteiger partial charge is 0.227 e. The Morgan fingerprint density at radius 1 is 1.05 bits per heavy atom. The first kappa shape index (κ1) is 15.3. The second-order valence-electron chi connectivity index (χ2n) is 5.06. The van der Waals surface area contributed by atoms with Gasteiger partial charge in [0.2, 0.25) is 5.91 Å². The van der Waals surface area contributed by atoms with Gasteiger partial charge >= 0.3 is 0 Å². The minimum Gasteiger partial charge on any atom is -0.351 e. The fourth-order valence-corrected chi connectivity index (χ4v) is 2.49. The third-order valence-corrected chi connectivity index (χ3v) is 3.72. The minimum atomic E-state index is -0.101. The average molecular weight is 282 g/mol. The molecular formula is C18H22N2O. The number of hydrogen-bond acceptors (Lipinski definition) is 2. The Labute approximate surface area is 126 Å². The Morgan fingerprint density at radius 3 is 2.29 bits per heavy atom. The first-order chi connectivity index (χ1) is 10.3. The van der Waals surface area contributed by atoms with Gasteiger partial charge in [-0.05, 0) is 23.1 Å². The summed E-state index contributed by atoms with van der Waals surface area (Å²) in [5.41, 5.74) is 8.94. The predicted molar refractivity (Wildman–Crippen MR) is 85.7 cm³/mol. The fourth-order valence-electron chi connectivity index (χ4n) is 2.49. The van der Waals surface area contributed by atoms with Crippen LogP contribution in [0.4, 0.5) is 0 Å². The van der Waals surface area contributed by atoms with Crippen LogP contribution in [0, 0.1) is 0 Å². The van der Waals surface area contributed by atoms with Crippen LogP contribution in [0.25, 0.3) is 0 Å². The summed E-state index contributed by atoms with van der Waals surface area (Å²) in [5.74, 6) is -0.0354. The SMILES string of the molecule is CCC(C(=O)NCc1ccccc1CN)c1ccccc1. The van der Waals surface area contributed by atoms with Gasteiger partial charge < -0.3 is 11.1 Å². The summed E-state index contributed by atoms with van der Waals surface area (Å²) in [5, 5.41) is 3.03. The Hall–Kier alpha value is -2.13. The molecule has 0 aromatic heterocycles. The molecule has 0 radical (unpaired) electrons. The maximum atomic E-state index is 12.4. The lowest BCUT2D eigenvalue weighted by Crippen LogP contribution is -2.29. The summed E-state index contributed by atoms with van der Waals surface area (Å²) in [6, 6.07) is 17.8. The van der Waals surface area contributed by atoms with E-state index in [-0.39, 0.29) is 11.8 Å². The lowest BCUT2D eigenvalue weighted by atomic mass is 9.95. The zero-order chi connectivity index (χ0) is 15.1. The maximum absolute atomic E-state index is 12.4. The van der Waals surface area contributed by atoms with Crippen molar-refractivity contribution < 1.29 is 4.79 Å². The Bertz CT molecular complexity index is 581. The molecule has 0 spiro atoms. The summed E-state index contributed by atoms with van der Waals surface area (Å²) in [7, 11) is 0. The van der Waals surface area contributed by atoms with Gasteiger partial charge in [-0.25, -0.2) is 0 Å². The van der Waals surface area contributed by atoms with Crippen molar-refractivity contribution in [2.24, 2.45) is 5.73 Å². The van der Waals surface area contributed by atoms with Crippen LogP contribution in [0.3, 0.4) is 0 Å². The van der Waals surface area contributed by atoms with E-state index in [1.807, 2.05) is 61.5 Å². The van der Waals surface area contributed by atoms with E-state index in [1.54, 1.807) is 0 Å². The summed E-state index contributed by atoms with van der Waals surface area (Å²) in [6.07, 6.45) is 0.786. The first-order valence-corrected chi connectivity index (χ1v) is 7.35. The Balaban J connectivity index is 2.03. The van der Waals surface area contributed by atoms with E-state index in [0.29, 0.717) is 13.1 Å². The molecule has 3 N–H and O–H groups in total. The third kappa shape index (κ3) is 3.92. The van der Waals surface area contributed by atoms with Gasteiger partial charge in [0.1, 0.15) is 0 Å². The number of hydrogen-bond donors (Lipinski definition) is 2. The first-order valence-electron chi connectivity index (χ1n) is 7.35. The highest BCUT2D eigenvalue weighted by atomic mass is 16.1. The number of carbonyl (C=O) groups is 1. The highest BCUT2D eigenvalue weighted by molar-refractivity contribution is 5.83. The molecule has 110 valence electrons. The van der Waals surface area contributed by atoms with Crippen LogP contribution < -0.4 is 11.1 Å². The maximum Gasteiger partial charge on any atom is 0.227 e. The van der Waals surface area contributed by atoms with E-state index in [4.69, 9.17) is 5.73 Å². The lowest BCUT2D eigenvalue weighted by molar-refractivity contribution is -0.122. The topological polar surface area (TPSA) is 55.1 Å². The minimum absolute atomic E-state index is 0.0653. The summed E-state index contributed by atoms with van der Waals surface area (Å²) in [4.78, 5) is 12.4. The van der Waals surface area contributed by atoms with E-state index in [0.717, 1.165) is 23.1 Å². The molecule has 0 heterocycles. The molecule has 0 saturated carbocycles. The second kappa shape index (κ2) is 7.60. The molecule has 0 aliphatic heterocycles. The highest BCUT2D eigenvalue weighted by Gasteiger charge is 2.18. The van der Waals surface area contributed by atoms with Crippen LogP contribution in [0.2, 0.25) is 0 Å². The Kier molecular flexibility index (Phi) is 5.52. The molecule has 3 heteroatoms. The van der Waals surface area contributed by atoms with E-state index in [2.05, 4.69) is 5.32 Å². The van der Waals surface area contributed by atoms with Crippen molar-refractivity contribution in [1.29, 1.82) is 0 Å². The largest absolute Gasteiger partial charge is 0.351 e. The molecule has 0 aliphatic carbocycles. The molecule has 21 heavy (non-hydrogen) atoms. The summed E-state index contributed by atoms with van der Waals surface area (Å²) >= 11 is 0. The van der Waals surface area contributed by atoms with E-state index >= 15 is 0 Å². The molecule has 1 atom stereocenters. The van der Waals surface area contributed by atoms with Crippen molar-refractivity contribution in [2.45, 2.75) is 32.4 Å². The second-order valence-corrected chi connectivity index (χ2v) is 5.06. The zero-order valence-corrected chi connectivity index (χ0v) is 12.4. The lowest BCUT2D eigenvalue weighted by Gasteiger charge is -2.16. The molecule has 2 aromatic rings. The van der Waals surface area contributed by atoms with Gasteiger partial charge in [0.25, 0.3) is 0 Å². The van der Waals surface area contributed by atoms with Crippen LogP contribution >= 0.6 is 0 Å². The number of rotatable bonds is 6. The molecular weight excluding hydrogens is 260 g/mol. The molecule has 1 unspecified atom stereocenters. The molecule has 0 bridgehead atoms. The van der Waals surface area contributed by atoms with Crippen molar-refractivity contribution in [1.82, 2.24) is 5.32 Å². The molecule has 2 aromatic carbocycles. The van der Waals surface area contributed by atoms with Crippen molar-refractivity contribution in [3.05, 3.63) is 71.3 Å². The standard InChI is InChI=1S/C18H22N2O/c1-2-17(14-8-4-3-5-9-14)18(21)20-13-16-11-7-6-10-15(16)12-19/h3-11,17H,2,12-13,19H2,1H3,(H,20,21). The van der Waals surface area contributed by atoms with E-state index in [1.165, 1.54) is 0 Å². The zero-order valence-electron chi connectivity index (χ0n) is 12.4. The van der Waals surface area contributed by atoms with Crippen LogP contribution in [-0.2, 0) is 17.9 Å². The van der Waals surface area contributed by atoms with Crippen molar-refractivity contribution >= 4 is 5.91 Å². The molecule has 0 fully saturated rings. The molecule has 0 saturated heterocycles. The Morgan fingerprint density at radius 2 is 1.67 bits per heavy atom. The third-order valence-electron chi connectivity index (χ3n) is 3.72. The monoisotopic (exact) mass is 282 g/mol. The van der Waals surface area contributed by atoms with Crippen LogP contribution in [0.15, 0.2) is 54.6 Å². The van der Waals surface area contributed by atoms with Crippen molar-refractivity contribution in [2.75, 3.05) is 0 Å². The van der Waals surface area contributed by atoms with Crippen LogP contribution in [0.5, 0.6) is 0 Å². The van der Waals surface area contributed by atoms with Gasteiger partial charge in [-0.3, -0.25) is 4.79 Å². The highest BCUT2D eigenvalue weighted by Crippen LogP contribution is 2.19. The molecule has 2 rings (SSSR count). The van der Waals surface area contributed by atoms with Gasteiger partial charge in [0.15, 0.2) is 0 Å². The van der Waals surface area contributed by atoms with E-state index in [9.17, 15) is 4.79 Å². The summed E-state index contributed by atoms with van der Waals surface area (Å²) < 4.78 is 0. The number of amides is 1. The number of benzene rings is 2. The van der Waals surface area contributed by atoms with E-state index < -0.39 is 0 Å². The van der Waals surface area contributed by atoms with Gasteiger partial charge in [0, 0.05) is 13.1 Å². The molecule has 1 amide bonds. The molecule has 0 aliphatic rings. The number of nitrogens with two attached hydrogens (primary N) is 1. The fraction of sp³-hybridized carbons (Fsp3) is 0.278. The van der Waals surface area contributed by atoms with Crippen LogP contribution in [0.1, 0.15) is 36.0 Å². The number of carbonyl (C=O) groups excluding carboxylic acids is 1. The van der Waals surface area contributed by atoms with Gasteiger partial charge in [-0.15, -0.1) is 0 Å². The predicted octanol–water partition coefficient (Wildman–Crippen LogP) is 2.96. The average Bonchev–Trinajstić information content (AvgIpc) is 2.55. The quantitative estimate of drug-likeness (QED) is 0.856. The van der Waals surface area contributed by atoms with Gasteiger partial charge in [-0.2, -0.15) is 0 Å². The van der Waals surface area contributed by atoms with Crippen molar-refractivity contribution in [3.63, 3.8) is 0 Å². The molecule has 3 nitrogen and oxygen atoms in total. The number of nitrogens with one attached hydrogen (secondary N) is 1. The van der Waals surface area contributed by atoms with Crippen molar-refractivity contribution in [3.8, 4) is 0 Å². The van der Waals surface area contributed by atoms with Gasteiger partial charge in [-0.1, -0.05) is 61.5 Å². The summed E-state index contributed by atoms with van der Waals surface area (Å²) in [6.45, 7) is 3.04. The van der Waals surface area contributed by atoms with Gasteiger partial charge in [0.05, 0.1) is 5.92 Å². The normalized spacial score (nSPS) is 11.9.